The van der Waals surface area contributed by atoms with Crippen molar-refractivity contribution in [3.63, 3.8) is 0 Å². The minimum Gasteiger partial charge on any atom is -0.497 e. The maximum Gasteiger partial charge on any atom is 0.281 e. The van der Waals surface area contributed by atoms with Crippen LogP contribution in [0.5, 0.6) is 11.5 Å². The number of methoxy groups -OCH3 is 2. The van der Waals surface area contributed by atoms with Crippen molar-refractivity contribution in [3.8, 4) is 11.5 Å². The molecule has 0 saturated carbocycles. The van der Waals surface area contributed by atoms with Crippen LogP contribution in [0.2, 0.25) is 0 Å². The number of ether oxygens (including phenoxy) is 2. The van der Waals surface area contributed by atoms with Gasteiger partial charge in [-0.1, -0.05) is 41.7 Å². The largest absolute Gasteiger partial charge is 0.497 e. The summed E-state index contributed by atoms with van der Waals surface area (Å²) in [5.74, 6) is 1.01. The molecule has 216 valence electrons. The highest BCUT2D eigenvalue weighted by atomic mass is 32.1. The number of thiazole rings is 1. The third-order valence-electron chi connectivity index (χ3n) is 7.32. The Balaban J connectivity index is 1.49. The van der Waals surface area contributed by atoms with Gasteiger partial charge in [0, 0.05) is 18.2 Å². The van der Waals surface area contributed by atoms with Gasteiger partial charge in [-0.2, -0.15) is 0 Å². The van der Waals surface area contributed by atoms with Gasteiger partial charge in [0.2, 0.25) is 5.91 Å². The molecule has 0 aliphatic carbocycles. The third-order valence-corrected chi connectivity index (χ3v) is 8.31. The topological polar surface area (TPSA) is 98.6 Å². The molecule has 1 aliphatic rings. The molecule has 0 spiro atoms. The average molecular weight is 580 g/mol. The van der Waals surface area contributed by atoms with Crippen LogP contribution >= 0.6 is 11.3 Å². The van der Waals surface area contributed by atoms with E-state index >= 15 is 4.39 Å². The summed E-state index contributed by atoms with van der Waals surface area (Å²) in [5, 5.41) is 3.64. The van der Waals surface area contributed by atoms with Crippen LogP contribution < -0.4 is 25.2 Å². The van der Waals surface area contributed by atoms with E-state index in [1.165, 1.54) is 36.9 Å². The lowest BCUT2D eigenvalue weighted by atomic mass is 10.1. The number of alkyl halides is 1. The molecule has 5 rings (SSSR count). The second-order valence-corrected chi connectivity index (χ2v) is 11.6. The fourth-order valence-electron chi connectivity index (χ4n) is 5.18. The van der Waals surface area contributed by atoms with E-state index in [4.69, 9.17) is 9.47 Å². The monoisotopic (exact) mass is 579 g/mol. The SMILES string of the molecule is COc1ccc(Cn2c(C(C)(C)F)nc3sc(N4CCC[C@@H]4C(=O)N[C@H](C)c4ccccc4)nc3c2=O)c(OC)c1. The number of benzene rings is 2. The Labute approximate surface area is 242 Å². The van der Waals surface area contributed by atoms with Crippen LogP contribution in [0.4, 0.5) is 9.52 Å². The molecule has 0 bridgehead atoms. The zero-order valence-electron chi connectivity index (χ0n) is 23.8. The number of nitrogens with one attached hydrogen (secondary N) is 1. The summed E-state index contributed by atoms with van der Waals surface area (Å²) in [4.78, 5) is 38.6. The van der Waals surface area contributed by atoms with Crippen LogP contribution in [0, 0.1) is 0 Å². The molecule has 3 heterocycles. The predicted molar refractivity (Wildman–Crippen MR) is 158 cm³/mol. The van der Waals surface area contributed by atoms with Gasteiger partial charge in [-0.15, -0.1) is 0 Å². The second-order valence-electron chi connectivity index (χ2n) is 10.6. The van der Waals surface area contributed by atoms with E-state index in [0.717, 1.165) is 12.0 Å². The van der Waals surface area contributed by atoms with Gasteiger partial charge in [0.25, 0.3) is 5.56 Å². The molecule has 2 atom stereocenters. The Morgan fingerprint density at radius 2 is 1.93 bits per heavy atom. The third kappa shape index (κ3) is 5.76. The first-order chi connectivity index (χ1) is 19.6. The molecule has 9 nitrogen and oxygen atoms in total. The normalized spacial score (nSPS) is 16.1. The average Bonchev–Trinajstić information content (AvgIpc) is 3.62. The molecule has 2 aromatic carbocycles. The summed E-state index contributed by atoms with van der Waals surface area (Å²) >= 11 is 1.21. The van der Waals surface area contributed by atoms with Crippen LogP contribution in [0.3, 0.4) is 0 Å². The molecule has 2 aromatic heterocycles. The van der Waals surface area contributed by atoms with Crippen molar-refractivity contribution < 1.29 is 18.7 Å². The smallest absolute Gasteiger partial charge is 0.281 e. The molecule has 1 aliphatic heterocycles. The first-order valence-corrected chi connectivity index (χ1v) is 14.4. The summed E-state index contributed by atoms with van der Waals surface area (Å²) in [6.07, 6.45) is 1.48. The van der Waals surface area contributed by atoms with Crippen molar-refractivity contribution in [1.82, 2.24) is 19.9 Å². The van der Waals surface area contributed by atoms with Crippen molar-refractivity contribution in [1.29, 1.82) is 0 Å². The van der Waals surface area contributed by atoms with E-state index < -0.39 is 17.3 Å². The number of anilines is 1. The van der Waals surface area contributed by atoms with Crippen molar-refractivity contribution in [2.45, 2.75) is 57.9 Å². The molecular formula is C30H34FN5O4S. The molecule has 41 heavy (non-hydrogen) atoms. The number of hydrogen-bond acceptors (Lipinski definition) is 8. The number of halogens is 1. The van der Waals surface area contributed by atoms with Crippen molar-refractivity contribution in [2.24, 2.45) is 0 Å². The maximum atomic E-state index is 15.5. The molecule has 1 fully saturated rings. The standard InChI is InChI=1S/C30H34FN5O4S/c1-18(19-10-7-6-8-11-19)32-25(37)22-12-9-15-35(22)29-33-24-26(41-29)34-28(30(2,3)31)36(27(24)38)17-20-13-14-21(39-4)16-23(20)40-5/h6-8,10-11,13-14,16,18,22H,9,12,15,17H2,1-5H3,(H,32,37)/t18-,22-/m1/s1. The number of nitrogens with zero attached hydrogens (tertiary/aromatic N) is 4. The quantitative estimate of drug-likeness (QED) is 0.299. The van der Waals surface area contributed by atoms with Crippen LogP contribution in [-0.4, -0.2) is 47.2 Å². The summed E-state index contributed by atoms with van der Waals surface area (Å²) in [5.41, 5.74) is -0.518. The zero-order valence-corrected chi connectivity index (χ0v) is 24.6. The van der Waals surface area contributed by atoms with Gasteiger partial charge in [-0.3, -0.25) is 14.2 Å². The molecule has 1 N–H and O–H groups in total. The number of fused-ring (bicyclic) bond motifs is 1. The fourth-order valence-corrected chi connectivity index (χ4v) is 6.18. The molecule has 4 aromatic rings. The Morgan fingerprint density at radius 3 is 2.61 bits per heavy atom. The van der Waals surface area contributed by atoms with E-state index in [2.05, 4.69) is 15.3 Å². The molecule has 0 radical (unpaired) electrons. The summed E-state index contributed by atoms with van der Waals surface area (Å²) < 4.78 is 27.6. The highest BCUT2D eigenvalue weighted by Crippen LogP contribution is 2.34. The fraction of sp³-hybridized carbons (Fsp3) is 0.400. The molecule has 1 saturated heterocycles. The van der Waals surface area contributed by atoms with Gasteiger partial charge in [-0.05, 0) is 51.3 Å². The Hall–Kier alpha value is -3.99. The second kappa shape index (κ2) is 11.5. The van der Waals surface area contributed by atoms with Gasteiger partial charge >= 0.3 is 0 Å². The number of aromatic nitrogens is 3. The predicted octanol–water partition coefficient (Wildman–Crippen LogP) is 4.97. The lowest BCUT2D eigenvalue weighted by molar-refractivity contribution is -0.122. The van der Waals surface area contributed by atoms with Gasteiger partial charge in [0.05, 0.1) is 26.8 Å². The molecule has 1 amide bonds. The number of carbonyl (C=O) groups is 1. The highest BCUT2D eigenvalue weighted by molar-refractivity contribution is 7.21. The van der Waals surface area contributed by atoms with Gasteiger partial charge in [0.1, 0.15) is 17.5 Å². The van der Waals surface area contributed by atoms with Crippen molar-refractivity contribution in [2.75, 3.05) is 25.7 Å². The summed E-state index contributed by atoms with van der Waals surface area (Å²) in [7, 11) is 3.08. The van der Waals surface area contributed by atoms with Crippen LogP contribution in [0.1, 0.15) is 56.6 Å². The Morgan fingerprint density at radius 1 is 1.17 bits per heavy atom. The van der Waals surface area contributed by atoms with E-state index in [1.54, 1.807) is 25.3 Å². The Bertz CT molecular complexity index is 1620. The van der Waals surface area contributed by atoms with Crippen molar-refractivity contribution in [3.05, 3.63) is 75.8 Å². The van der Waals surface area contributed by atoms with Crippen LogP contribution in [-0.2, 0) is 17.0 Å². The lowest BCUT2D eigenvalue weighted by Gasteiger charge is -2.25. The Kier molecular flexibility index (Phi) is 7.99. The number of carbonyl (C=O) groups excluding carboxylic acids is 1. The molecular weight excluding hydrogens is 545 g/mol. The van der Waals surface area contributed by atoms with Gasteiger partial charge < -0.3 is 19.7 Å². The number of rotatable bonds is 9. The van der Waals surface area contributed by atoms with E-state index in [-0.39, 0.29) is 29.8 Å². The summed E-state index contributed by atoms with van der Waals surface area (Å²) in [6, 6.07) is 14.5. The van der Waals surface area contributed by atoms with Crippen LogP contribution in [0.15, 0.2) is 53.3 Å². The van der Waals surface area contributed by atoms with E-state index in [1.807, 2.05) is 42.2 Å². The van der Waals surface area contributed by atoms with Gasteiger partial charge in [-0.25, -0.2) is 14.4 Å². The van der Waals surface area contributed by atoms with Crippen LogP contribution in [0.25, 0.3) is 10.3 Å². The highest BCUT2D eigenvalue weighted by Gasteiger charge is 2.35. The first-order valence-electron chi connectivity index (χ1n) is 13.5. The first kappa shape index (κ1) is 28.5. The van der Waals surface area contributed by atoms with E-state index in [9.17, 15) is 9.59 Å². The molecule has 0 unspecified atom stereocenters. The summed E-state index contributed by atoms with van der Waals surface area (Å²) in [6.45, 7) is 5.36. The van der Waals surface area contributed by atoms with Gasteiger partial charge in [0.15, 0.2) is 27.0 Å². The molecule has 11 heteroatoms. The lowest BCUT2D eigenvalue weighted by Crippen LogP contribution is -2.44. The zero-order chi connectivity index (χ0) is 29.3. The maximum absolute atomic E-state index is 15.5. The number of hydrogen-bond donors (Lipinski definition) is 1. The van der Waals surface area contributed by atoms with E-state index in [0.29, 0.717) is 40.0 Å². The minimum absolute atomic E-state index is 0.00419. The van der Waals surface area contributed by atoms with Crippen molar-refractivity contribution >= 4 is 32.7 Å². The number of amides is 1. The minimum atomic E-state index is -1.90.